The second kappa shape index (κ2) is 6.84. The summed E-state index contributed by atoms with van der Waals surface area (Å²) in [6, 6.07) is 12.3. The van der Waals surface area contributed by atoms with Crippen LogP contribution in [-0.2, 0) is 0 Å². The van der Waals surface area contributed by atoms with E-state index in [-0.39, 0.29) is 11.2 Å². The molecule has 2 aromatic carbocycles. The first-order valence-corrected chi connectivity index (χ1v) is 9.90. The van der Waals surface area contributed by atoms with Gasteiger partial charge in [-0.25, -0.2) is 4.68 Å². The first kappa shape index (κ1) is 17.6. The highest BCUT2D eigenvalue weighted by molar-refractivity contribution is 6.03. The number of hydrogen-bond acceptors (Lipinski definition) is 4. The Morgan fingerprint density at radius 3 is 2.52 bits per heavy atom. The predicted molar refractivity (Wildman–Crippen MR) is 112 cm³/mol. The molecule has 0 amide bonds. The number of aromatic nitrogens is 3. The molecule has 1 N–H and O–H groups in total. The lowest BCUT2D eigenvalue weighted by Gasteiger charge is -2.22. The molecule has 0 unspecified atom stereocenters. The molecule has 1 aliphatic rings. The first-order valence-electron chi connectivity index (χ1n) is 9.90. The second-order valence-electron chi connectivity index (χ2n) is 7.68. The van der Waals surface area contributed by atoms with Gasteiger partial charge in [0.25, 0.3) is 11.2 Å². The van der Waals surface area contributed by atoms with Crippen molar-refractivity contribution in [2.45, 2.75) is 38.0 Å². The van der Waals surface area contributed by atoms with Gasteiger partial charge in [0, 0.05) is 23.7 Å². The van der Waals surface area contributed by atoms with E-state index in [1.54, 1.807) is 18.3 Å². The summed E-state index contributed by atoms with van der Waals surface area (Å²) in [4.78, 5) is 27.8. The largest absolute Gasteiger partial charge is 0.290 e. The van der Waals surface area contributed by atoms with E-state index in [4.69, 9.17) is 0 Å². The number of non-ortho nitro benzene ring substituents is 1. The normalized spacial score (nSPS) is 15.2. The van der Waals surface area contributed by atoms with Gasteiger partial charge >= 0.3 is 0 Å². The van der Waals surface area contributed by atoms with Crippen molar-refractivity contribution in [2.75, 3.05) is 0 Å². The van der Waals surface area contributed by atoms with Gasteiger partial charge in [0.05, 0.1) is 27.0 Å². The van der Waals surface area contributed by atoms with E-state index in [2.05, 4.69) is 22.2 Å². The minimum Gasteiger partial charge on any atom is -0.290 e. The molecule has 5 rings (SSSR count). The van der Waals surface area contributed by atoms with E-state index in [0.29, 0.717) is 17.0 Å². The Morgan fingerprint density at radius 1 is 1.03 bits per heavy atom. The van der Waals surface area contributed by atoms with Crippen LogP contribution in [-0.4, -0.2) is 19.7 Å². The number of nitrogens with one attached hydrogen (secondary N) is 1. The standard InChI is InChI=1S/C22H20N4O3/c27-22-19-13-23-20-11-6-15(14-4-2-1-3-5-14)12-18(20)21(19)24-25(22)16-7-9-17(10-8-16)26(28)29/h6-14,24H,1-5H2. The minimum absolute atomic E-state index is 0.0119. The van der Waals surface area contributed by atoms with Gasteiger partial charge in [0.2, 0.25) is 0 Å². The number of rotatable bonds is 3. The number of nitrogens with zero attached hydrogens (tertiary/aromatic N) is 3. The van der Waals surface area contributed by atoms with Crippen LogP contribution in [0, 0.1) is 10.1 Å². The summed E-state index contributed by atoms with van der Waals surface area (Å²) >= 11 is 0. The molecular weight excluding hydrogens is 368 g/mol. The van der Waals surface area contributed by atoms with Crippen LogP contribution >= 0.6 is 0 Å². The molecular formula is C22H20N4O3. The van der Waals surface area contributed by atoms with Crippen molar-refractivity contribution in [3.8, 4) is 5.69 Å². The molecule has 1 fully saturated rings. The van der Waals surface area contributed by atoms with Crippen LogP contribution in [0.1, 0.15) is 43.6 Å². The zero-order valence-electron chi connectivity index (χ0n) is 15.8. The molecule has 2 aromatic heterocycles. The highest BCUT2D eigenvalue weighted by atomic mass is 16.6. The summed E-state index contributed by atoms with van der Waals surface area (Å²) in [5, 5.41) is 15.5. The molecule has 0 atom stereocenters. The average Bonchev–Trinajstić information content (AvgIpc) is 3.11. The van der Waals surface area contributed by atoms with Crippen LogP contribution in [0.3, 0.4) is 0 Å². The van der Waals surface area contributed by atoms with Crippen molar-refractivity contribution in [1.82, 2.24) is 14.8 Å². The summed E-state index contributed by atoms with van der Waals surface area (Å²) in [7, 11) is 0. The number of nitro groups is 1. The molecule has 0 aliphatic heterocycles. The molecule has 7 nitrogen and oxygen atoms in total. The number of H-pyrrole nitrogens is 1. The lowest BCUT2D eigenvalue weighted by molar-refractivity contribution is -0.384. The predicted octanol–water partition coefficient (Wildman–Crippen LogP) is 4.82. The van der Waals surface area contributed by atoms with Crippen LogP contribution in [0.2, 0.25) is 0 Å². The van der Waals surface area contributed by atoms with Gasteiger partial charge in [-0.1, -0.05) is 25.3 Å². The number of fused-ring (bicyclic) bond motifs is 3. The number of benzene rings is 2. The maximum absolute atomic E-state index is 12.9. The molecule has 0 radical (unpaired) electrons. The lowest BCUT2D eigenvalue weighted by Crippen LogP contribution is -2.14. The summed E-state index contributed by atoms with van der Waals surface area (Å²) in [5.74, 6) is 0.562. The van der Waals surface area contributed by atoms with Gasteiger partial charge in [-0.3, -0.25) is 25.0 Å². The van der Waals surface area contributed by atoms with E-state index >= 15 is 0 Å². The molecule has 146 valence electrons. The van der Waals surface area contributed by atoms with Crippen molar-refractivity contribution in [1.29, 1.82) is 0 Å². The second-order valence-corrected chi connectivity index (χ2v) is 7.68. The van der Waals surface area contributed by atoms with E-state index in [1.165, 1.54) is 54.5 Å². The summed E-state index contributed by atoms with van der Waals surface area (Å²) in [6.07, 6.45) is 7.83. The van der Waals surface area contributed by atoms with Gasteiger partial charge in [-0.05, 0) is 48.6 Å². The number of pyridine rings is 1. The Bertz CT molecular complexity index is 1280. The van der Waals surface area contributed by atoms with Crippen molar-refractivity contribution in [3.05, 3.63) is 74.7 Å². The van der Waals surface area contributed by atoms with Crippen molar-refractivity contribution < 1.29 is 4.92 Å². The quantitative estimate of drug-likeness (QED) is 0.402. The fourth-order valence-electron chi connectivity index (χ4n) is 4.37. The van der Waals surface area contributed by atoms with Gasteiger partial charge < -0.3 is 0 Å². The Morgan fingerprint density at radius 2 is 1.79 bits per heavy atom. The maximum Gasteiger partial charge on any atom is 0.280 e. The average molecular weight is 388 g/mol. The molecule has 0 spiro atoms. The van der Waals surface area contributed by atoms with Gasteiger partial charge in [0.1, 0.15) is 0 Å². The zero-order valence-corrected chi connectivity index (χ0v) is 15.8. The minimum atomic E-state index is -0.456. The van der Waals surface area contributed by atoms with Crippen LogP contribution in [0.15, 0.2) is 53.5 Å². The first-order chi connectivity index (χ1) is 14.1. The molecule has 29 heavy (non-hydrogen) atoms. The van der Waals surface area contributed by atoms with E-state index in [9.17, 15) is 14.9 Å². The Balaban J connectivity index is 1.65. The molecule has 4 aromatic rings. The third kappa shape index (κ3) is 2.99. The molecule has 7 heteroatoms. The fourth-order valence-corrected chi connectivity index (χ4v) is 4.37. The lowest BCUT2D eigenvalue weighted by atomic mass is 9.83. The number of aromatic amines is 1. The van der Waals surface area contributed by atoms with Crippen LogP contribution in [0.5, 0.6) is 0 Å². The Hall–Kier alpha value is -3.48. The zero-order chi connectivity index (χ0) is 20.0. The summed E-state index contributed by atoms with van der Waals surface area (Å²) in [5.41, 5.74) is 3.21. The SMILES string of the molecule is O=c1c2cnc3ccc(C4CCCCC4)cc3c2[nH]n1-c1ccc([N+](=O)[O-])cc1. The van der Waals surface area contributed by atoms with Crippen LogP contribution in [0.25, 0.3) is 27.5 Å². The summed E-state index contributed by atoms with van der Waals surface area (Å²) < 4.78 is 1.42. The van der Waals surface area contributed by atoms with Crippen LogP contribution in [0.4, 0.5) is 5.69 Å². The molecule has 0 bridgehead atoms. The maximum atomic E-state index is 12.9. The van der Waals surface area contributed by atoms with Crippen molar-refractivity contribution in [3.63, 3.8) is 0 Å². The highest BCUT2D eigenvalue weighted by Crippen LogP contribution is 2.34. The van der Waals surface area contributed by atoms with Gasteiger partial charge in [-0.2, -0.15) is 0 Å². The van der Waals surface area contributed by atoms with Crippen molar-refractivity contribution >= 4 is 27.5 Å². The third-order valence-corrected chi connectivity index (χ3v) is 5.94. The van der Waals surface area contributed by atoms with Gasteiger partial charge in [-0.15, -0.1) is 0 Å². The highest BCUT2D eigenvalue weighted by Gasteiger charge is 2.18. The topological polar surface area (TPSA) is 93.8 Å². The molecule has 2 heterocycles. The number of nitro benzene ring substituents is 1. The smallest absolute Gasteiger partial charge is 0.280 e. The molecule has 0 saturated heterocycles. The molecule has 1 aliphatic carbocycles. The van der Waals surface area contributed by atoms with Crippen LogP contribution < -0.4 is 5.56 Å². The van der Waals surface area contributed by atoms with Gasteiger partial charge in [0.15, 0.2) is 0 Å². The Labute approximate surface area is 166 Å². The number of hydrogen-bond donors (Lipinski definition) is 1. The monoisotopic (exact) mass is 388 g/mol. The van der Waals surface area contributed by atoms with E-state index < -0.39 is 4.92 Å². The summed E-state index contributed by atoms with van der Waals surface area (Å²) in [6.45, 7) is 0. The fraction of sp³-hybridized carbons (Fsp3) is 0.273. The molecule has 1 saturated carbocycles. The van der Waals surface area contributed by atoms with Crippen molar-refractivity contribution in [2.24, 2.45) is 0 Å². The third-order valence-electron chi connectivity index (χ3n) is 5.94. The van der Waals surface area contributed by atoms with E-state index in [0.717, 1.165) is 16.4 Å². The van der Waals surface area contributed by atoms with E-state index in [1.807, 2.05) is 6.07 Å². The Kier molecular flexibility index (Phi) is 4.16.